The molecule has 0 unspecified atom stereocenters. The quantitative estimate of drug-likeness (QED) is 0.418. The number of ether oxygens (including phenoxy) is 3. The molecule has 126 valence electrons. The largest absolute Gasteiger partial charge is 0.493 e. The molecule has 0 saturated heterocycles. The summed E-state index contributed by atoms with van der Waals surface area (Å²) in [7, 11) is 6.54. The molecule has 0 radical (unpaired) electrons. The number of rotatable bonds is 6. The smallest absolute Gasteiger partial charge is 0.203 e. The van der Waals surface area contributed by atoms with Crippen LogP contribution in [0.3, 0.4) is 0 Å². The number of benzene rings is 1. The normalized spacial score (nSPS) is 10.8. The van der Waals surface area contributed by atoms with Crippen molar-refractivity contribution in [1.82, 2.24) is 10.6 Å². The third-order valence-corrected chi connectivity index (χ3v) is 2.83. The van der Waals surface area contributed by atoms with Crippen LogP contribution in [0.25, 0.3) is 0 Å². The third kappa shape index (κ3) is 5.78. The van der Waals surface area contributed by atoms with Gasteiger partial charge in [0.1, 0.15) is 0 Å². The zero-order valence-corrected chi connectivity index (χ0v) is 16.3. The van der Waals surface area contributed by atoms with Crippen molar-refractivity contribution in [2.45, 2.75) is 26.4 Å². The maximum Gasteiger partial charge on any atom is 0.203 e. The molecule has 0 aliphatic rings. The van der Waals surface area contributed by atoms with E-state index in [2.05, 4.69) is 29.5 Å². The first-order chi connectivity index (χ1) is 10.0. The van der Waals surface area contributed by atoms with Crippen molar-refractivity contribution in [2.75, 3.05) is 28.4 Å². The second kappa shape index (κ2) is 10.4. The fraction of sp³-hybridized carbons (Fsp3) is 0.533. The molecule has 1 aromatic rings. The molecular weight excluding hydrogens is 397 g/mol. The van der Waals surface area contributed by atoms with Crippen LogP contribution in [0.5, 0.6) is 17.2 Å². The Labute approximate surface area is 149 Å². The van der Waals surface area contributed by atoms with Gasteiger partial charge >= 0.3 is 0 Å². The van der Waals surface area contributed by atoms with Crippen LogP contribution in [0, 0.1) is 0 Å². The summed E-state index contributed by atoms with van der Waals surface area (Å²) in [5.41, 5.74) is 1.01. The molecule has 1 aromatic carbocycles. The van der Waals surface area contributed by atoms with Crippen molar-refractivity contribution in [3.8, 4) is 17.2 Å². The topological polar surface area (TPSA) is 64.1 Å². The summed E-state index contributed by atoms with van der Waals surface area (Å²) in [6, 6.07) is 4.14. The number of methoxy groups -OCH3 is 3. The summed E-state index contributed by atoms with van der Waals surface area (Å²) in [6.07, 6.45) is 0. The lowest BCUT2D eigenvalue weighted by Gasteiger charge is -2.17. The molecule has 1 rings (SSSR count). The van der Waals surface area contributed by atoms with E-state index in [4.69, 9.17) is 14.2 Å². The fourth-order valence-electron chi connectivity index (χ4n) is 1.89. The van der Waals surface area contributed by atoms with Crippen LogP contribution >= 0.6 is 24.0 Å². The van der Waals surface area contributed by atoms with E-state index in [9.17, 15) is 0 Å². The first-order valence-electron chi connectivity index (χ1n) is 6.81. The Kier molecular flexibility index (Phi) is 9.71. The summed E-state index contributed by atoms with van der Waals surface area (Å²) in [4.78, 5) is 4.17. The first-order valence-corrected chi connectivity index (χ1v) is 6.81. The average molecular weight is 423 g/mol. The van der Waals surface area contributed by atoms with Crippen LogP contribution in [0.1, 0.15) is 19.4 Å². The number of halogens is 1. The maximum atomic E-state index is 5.34. The van der Waals surface area contributed by atoms with E-state index in [1.807, 2.05) is 12.1 Å². The van der Waals surface area contributed by atoms with Gasteiger partial charge in [-0.25, -0.2) is 0 Å². The van der Waals surface area contributed by atoms with Gasteiger partial charge in [-0.3, -0.25) is 4.99 Å². The Balaban J connectivity index is 0.00000441. The highest BCUT2D eigenvalue weighted by molar-refractivity contribution is 14.0. The molecule has 0 amide bonds. The highest BCUT2D eigenvalue weighted by Crippen LogP contribution is 2.38. The minimum absolute atomic E-state index is 0. The number of hydrogen-bond acceptors (Lipinski definition) is 4. The number of aliphatic imine (C=N–C) groups is 1. The number of hydrogen-bond donors (Lipinski definition) is 2. The van der Waals surface area contributed by atoms with Gasteiger partial charge in [0.15, 0.2) is 17.5 Å². The van der Waals surface area contributed by atoms with Gasteiger partial charge in [-0.1, -0.05) is 0 Å². The highest BCUT2D eigenvalue weighted by Gasteiger charge is 2.13. The highest BCUT2D eigenvalue weighted by atomic mass is 127. The zero-order chi connectivity index (χ0) is 15.8. The van der Waals surface area contributed by atoms with Crippen LogP contribution in [-0.4, -0.2) is 40.4 Å². The lowest BCUT2D eigenvalue weighted by molar-refractivity contribution is 0.323. The Hall–Kier alpha value is -1.38. The van der Waals surface area contributed by atoms with Crippen molar-refractivity contribution < 1.29 is 14.2 Å². The monoisotopic (exact) mass is 423 g/mol. The number of nitrogens with zero attached hydrogens (tertiary/aromatic N) is 1. The third-order valence-electron chi connectivity index (χ3n) is 2.83. The van der Waals surface area contributed by atoms with E-state index in [1.54, 1.807) is 28.4 Å². The second-order valence-electron chi connectivity index (χ2n) is 4.76. The minimum atomic E-state index is 0. The predicted molar refractivity (Wildman–Crippen MR) is 100.0 cm³/mol. The second-order valence-corrected chi connectivity index (χ2v) is 4.76. The van der Waals surface area contributed by atoms with E-state index in [1.165, 1.54) is 0 Å². The summed E-state index contributed by atoms with van der Waals surface area (Å²) >= 11 is 0. The summed E-state index contributed by atoms with van der Waals surface area (Å²) in [6.45, 7) is 4.72. The van der Waals surface area contributed by atoms with Gasteiger partial charge in [0.25, 0.3) is 0 Å². The molecule has 0 aliphatic heterocycles. The Bertz CT molecular complexity index is 468. The lowest BCUT2D eigenvalue weighted by atomic mass is 10.2. The zero-order valence-electron chi connectivity index (χ0n) is 14.0. The van der Waals surface area contributed by atoms with Crippen molar-refractivity contribution in [3.63, 3.8) is 0 Å². The summed E-state index contributed by atoms with van der Waals surface area (Å²) < 4.78 is 16.0. The van der Waals surface area contributed by atoms with Crippen LogP contribution in [0.2, 0.25) is 0 Å². The van der Waals surface area contributed by atoms with Gasteiger partial charge in [0.2, 0.25) is 5.75 Å². The van der Waals surface area contributed by atoms with E-state index >= 15 is 0 Å². The summed E-state index contributed by atoms with van der Waals surface area (Å²) in [5, 5.41) is 6.48. The molecule has 0 atom stereocenters. The van der Waals surface area contributed by atoms with Crippen LogP contribution in [0.15, 0.2) is 17.1 Å². The molecule has 0 bridgehead atoms. The Morgan fingerprint density at radius 2 is 1.64 bits per heavy atom. The summed E-state index contributed by atoms with van der Waals surface area (Å²) in [5.74, 6) is 2.62. The predicted octanol–water partition coefficient (Wildman–Crippen LogP) is 2.40. The van der Waals surface area contributed by atoms with Gasteiger partial charge in [-0.2, -0.15) is 0 Å². The molecule has 0 saturated carbocycles. The standard InChI is InChI=1S/C15H25N3O3.HI/c1-10(2)18-15(16-3)17-9-11-7-12(19-4)14(21-6)13(8-11)20-5;/h7-8,10H,9H2,1-6H3,(H2,16,17,18);1H. The molecule has 2 N–H and O–H groups in total. The molecule has 0 heterocycles. The first kappa shape index (κ1) is 20.6. The van der Waals surface area contributed by atoms with Crippen molar-refractivity contribution in [3.05, 3.63) is 17.7 Å². The van der Waals surface area contributed by atoms with Gasteiger partial charge in [0, 0.05) is 19.6 Å². The fourth-order valence-corrected chi connectivity index (χ4v) is 1.89. The van der Waals surface area contributed by atoms with Crippen LogP contribution in [-0.2, 0) is 6.54 Å². The van der Waals surface area contributed by atoms with Gasteiger partial charge < -0.3 is 24.8 Å². The van der Waals surface area contributed by atoms with E-state index < -0.39 is 0 Å². The van der Waals surface area contributed by atoms with Gasteiger partial charge in [-0.05, 0) is 31.5 Å². The van der Waals surface area contributed by atoms with Crippen LogP contribution in [0.4, 0.5) is 0 Å². The molecule has 0 aliphatic carbocycles. The SMILES string of the molecule is CN=C(NCc1cc(OC)c(OC)c(OC)c1)NC(C)C.I. The van der Waals surface area contributed by atoms with Crippen molar-refractivity contribution >= 4 is 29.9 Å². The maximum absolute atomic E-state index is 5.34. The Morgan fingerprint density at radius 1 is 1.09 bits per heavy atom. The van der Waals surface area contributed by atoms with Crippen molar-refractivity contribution in [2.24, 2.45) is 4.99 Å². The average Bonchev–Trinajstić information content (AvgIpc) is 2.49. The van der Waals surface area contributed by atoms with Gasteiger partial charge in [0.05, 0.1) is 21.3 Å². The molecule has 22 heavy (non-hydrogen) atoms. The Morgan fingerprint density at radius 3 is 2.00 bits per heavy atom. The molecule has 0 spiro atoms. The molecule has 0 fully saturated rings. The minimum Gasteiger partial charge on any atom is -0.493 e. The van der Waals surface area contributed by atoms with Gasteiger partial charge in [-0.15, -0.1) is 24.0 Å². The van der Waals surface area contributed by atoms with E-state index in [0.29, 0.717) is 29.8 Å². The molecule has 6 nitrogen and oxygen atoms in total. The molecule has 0 aromatic heterocycles. The lowest BCUT2D eigenvalue weighted by Crippen LogP contribution is -2.40. The number of guanidine groups is 1. The number of nitrogens with one attached hydrogen (secondary N) is 2. The van der Waals surface area contributed by atoms with Crippen molar-refractivity contribution in [1.29, 1.82) is 0 Å². The molecular formula is C15H26IN3O3. The van der Waals surface area contributed by atoms with E-state index in [0.717, 1.165) is 11.5 Å². The van der Waals surface area contributed by atoms with Crippen LogP contribution < -0.4 is 24.8 Å². The molecule has 7 heteroatoms. The van der Waals surface area contributed by atoms with E-state index in [-0.39, 0.29) is 24.0 Å².